The van der Waals surface area contributed by atoms with Gasteiger partial charge in [0.2, 0.25) is 0 Å². The van der Waals surface area contributed by atoms with E-state index in [2.05, 4.69) is 16.3 Å². The number of nitriles is 1. The molecular formula is C10H5FN3Sc-. The van der Waals surface area contributed by atoms with Gasteiger partial charge in [-0.1, -0.05) is 11.3 Å². The van der Waals surface area contributed by atoms with Crippen LogP contribution in [-0.4, -0.2) is 9.97 Å². The standard InChI is InChI=1S/C10H5FN3.Sc/c11-9-2-7(4-12)1-8(3-9)10-5-13-6-14-10;/h1-3,5H,(H,13,14);/q-1;. The van der Waals surface area contributed by atoms with Crippen LogP contribution < -0.4 is 0 Å². The number of rotatable bonds is 1. The van der Waals surface area contributed by atoms with E-state index in [4.69, 9.17) is 5.26 Å². The minimum absolute atomic E-state index is 0. The van der Waals surface area contributed by atoms with E-state index >= 15 is 0 Å². The molecule has 1 aromatic heterocycles. The number of benzene rings is 1. The summed E-state index contributed by atoms with van der Waals surface area (Å²) in [5.74, 6) is -0.436. The van der Waals surface area contributed by atoms with E-state index in [-0.39, 0.29) is 31.4 Å². The zero-order valence-electron chi connectivity index (χ0n) is 7.66. The second-order valence-corrected chi connectivity index (χ2v) is 2.75. The van der Waals surface area contributed by atoms with Gasteiger partial charge in [-0.15, -0.1) is 6.20 Å². The molecule has 2 rings (SSSR count). The number of hydrogen-bond donors (Lipinski definition) is 1. The van der Waals surface area contributed by atoms with Crippen LogP contribution in [0, 0.1) is 23.5 Å². The SMILES string of the molecule is N#Cc1cc(F)cc(-c2cn[c-][nH]2)c1.[Sc]. The van der Waals surface area contributed by atoms with Gasteiger partial charge in [0.05, 0.1) is 11.6 Å². The first-order valence-electron chi connectivity index (χ1n) is 3.92. The zero-order chi connectivity index (χ0) is 9.97. The molecule has 1 heterocycles. The molecule has 2 aromatic rings. The van der Waals surface area contributed by atoms with E-state index in [0.29, 0.717) is 11.3 Å². The number of aromatic nitrogens is 2. The molecule has 1 N–H and O–H groups in total. The first-order valence-corrected chi connectivity index (χ1v) is 3.92. The van der Waals surface area contributed by atoms with Crippen LogP contribution in [0.5, 0.6) is 0 Å². The van der Waals surface area contributed by atoms with E-state index in [0.717, 1.165) is 0 Å². The number of halogens is 1. The maximum absolute atomic E-state index is 13.0. The fourth-order valence-electron chi connectivity index (χ4n) is 1.18. The molecule has 1 aromatic carbocycles. The Balaban J connectivity index is 0.00000112. The molecule has 5 heteroatoms. The van der Waals surface area contributed by atoms with Gasteiger partial charge in [-0.3, -0.25) is 0 Å². The van der Waals surface area contributed by atoms with Crippen LogP contribution in [0.4, 0.5) is 4.39 Å². The predicted molar refractivity (Wildman–Crippen MR) is 47.5 cm³/mol. The maximum atomic E-state index is 13.0. The molecule has 0 saturated carbocycles. The quantitative estimate of drug-likeness (QED) is 0.762. The summed E-state index contributed by atoms with van der Waals surface area (Å²) in [7, 11) is 0. The van der Waals surface area contributed by atoms with Gasteiger partial charge >= 0.3 is 0 Å². The van der Waals surface area contributed by atoms with Crippen molar-refractivity contribution in [3.63, 3.8) is 0 Å². The summed E-state index contributed by atoms with van der Waals surface area (Å²) in [6, 6.07) is 5.99. The fraction of sp³-hybridized carbons (Fsp3) is 0. The van der Waals surface area contributed by atoms with Crippen LogP contribution in [0.25, 0.3) is 11.3 Å². The topological polar surface area (TPSA) is 52.5 Å². The second kappa shape index (κ2) is 4.99. The molecular weight excluding hydrogens is 226 g/mol. The largest absolute Gasteiger partial charge is 0.461 e. The summed E-state index contributed by atoms with van der Waals surface area (Å²) in [5.41, 5.74) is 1.52. The van der Waals surface area contributed by atoms with Crippen LogP contribution >= 0.6 is 0 Å². The molecule has 71 valence electrons. The Labute approximate surface area is 105 Å². The average molecular weight is 231 g/mol. The predicted octanol–water partition coefficient (Wildman–Crippen LogP) is 1.89. The van der Waals surface area contributed by atoms with Crippen molar-refractivity contribution in [3.8, 4) is 17.3 Å². The van der Waals surface area contributed by atoms with E-state index in [1.807, 2.05) is 6.07 Å². The Morgan fingerprint density at radius 2 is 2.20 bits per heavy atom. The Kier molecular flexibility index (Phi) is 3.92. The molecule has 0 aliphatic rings. The van der Waals surface area contributed by atoms with Gasteiger partial charge in [0, 0.05) is 25.8 Å². The van der Waals surface area contributed by atoms with Gasteiger partial charge in [0.1, 0.15) is 5.82 Å². The van der Waals surface area contributed by atoms with E-state index in [1.165, 1.54) is 18.3 Å². The van der Waals surface area contributed by atoms with Crippen molar-refractivity contribution in [2.24, 2.45) is 0 Å². The molecule has 0 unspecified atom stereocenters. The summed E-state index contributed by atoms with van der Waals surface area (Å²) < 4.78 is 13.0. The molecule has 15 heavy (non-hydrogen) atoms. The number of H-pyrrole nitrogens is 1. The number of nitrogens with zero attached hydrogens (tertiary/aromatic N) is 2. The molecule has 0 bridgehead atoms. The van der Waals surface area contributed by atoms with Crippen molar-refractivity contribution in [2.75, 3.05) is 0 Å². The van der Waals surface area contributed by atoms with Crippen molar-refractivity contribution in [1.82, 2.24) is 9.97 Å². The minimum atomic E-state index is -0.436. The van der Waals surface area contributed by atoms with Crippen molar-refractivity contribution in [3.05, 3.63) is 42.1 Å². The molecule has 0 fully saturated rings. The fourth-order valence-corrected chi connectivity index (χ4v) is 1.18. The van der Waals surface area contributed by atoms with Gasteiger partial charge in [-0.05, 0) is 24.5 Å². The first kappa shape index (κ1) is 11.8. The Morgan fingerprint density at radius 3 is 2.80 bits per heavy atom. The van der Waals surface area contributed by atoms with Gasteiger partial charge in [0.25, 0.3) is 0 Å². The van der Waals surface area contributed by atoms with Gasteiger partial charge < -0.3 is 9.97 Å². The van der Waals surface area contributed by atoms with Crippen LogP contribution in [-0.2, 0) is 25.8 Å². The smallest absolute Gasteiger partial charge is 0.124 e. The van der Waals surface area contributed by atoms with Crippen LogP contribution in [0.15, 0.2) is 24.4 Å². The number of hydrogen-bond acceptors (Lipinski definition) is 2. The Bertz CT molecular complexity index is 488. The number of aromatic amines is 1. The summed E-state index contributed by atoms with van der Waals surface area (Å²) in [5, 5.41) is 8.63. The number of nitrogens with one attached hydrogen (secondary N) is 1. The van der Waals surface area contributed by atoms with E-state index in [9.17, 15) is 4.39 Å². The molecule has 0 aliphatic carbocycles. The summed E-state index contributed by atoms with van der Waals surface area (Å²) >= 11 is 0. The van der Waals surface area contributed by atoms with Crippen molar-refractivity contribution < 1.29 is 30.2 Å². The maximum Gasteiger partial charge on any atom is 0.124 e. The second-order valence-electron chi connectivity index (χ2n) is 2.75. The third-order valence-electron chi connectivity index (χ3n) is 1.79. The molecule has 0 saturated heterocycles. The average Bonchev–Trinajstić information content (AvgIpc) is 2.69. The molecule has 3 nitrogen and oxygen atoms in total. The molecule has 0 atom stereocenters. The molecule has 0 amide bonds. The van der Waals surface area contributed by atoms with Crippen molar-refractivity contribution >= 4 is 0 Å². The first-order chi connectivity index (χ1) is 6.79. The normalized spacial score (nSPS) is 9.07. The van der Waals surface area contributed by atoms with E-state index < -0.39 is 5.82 Å². The van der Waals surface area contributed by atoms with Crippen LogP contribution in [0.1, 0.15) is 5.56 Å². The van der Waals surface area contributed by atoms with Crippen LogP contribution in [0.3, 0.4) is 0 Å². The van der Waals surface area contributed by atoms with Gasteiger partial charge in [0.15, 0.2) is 0 Å². The summed E-state index contributed by atoms with van der Waals surface area (Å²) in [6.07, 6.45) is 4.03. The van der Waals surface area contributed by atoms with Gasteiger partial charge in [-0.2, -0.15) is 5.26 Å². The number of imidazole rings is 1. The minimum Gasteiger partial charge on any atom is -0.461 e. The molecule has 1 radical (unpaired) electrons. The van der Waals surface area contributed by atoms with Crippen LogP contribution in [0.2, 0.25) is 0 Å². The molecule has 0 aliphatic heterocycles. The third kappa shape index (κ3) is 2.60. The summed E-state index contributed by atoms with van der Waals surface area (Å²) in [4.78, 5) is 6.42. The molecule has 0 spiro atoms. The van der Waals surface area contributed by atoms with Crippen molar-refractivity contribution in [1.29, 1.82) is 5.26 Å². The Morgan fingerprint density at radius 1 is 1.40 bits per heavy atom. The van der Waals surface area contributed by atoms with E-state index in [1.54, 1.807) is 6.07 Å². The monoisotopic (exact) mass is 231 g/mol. The Hall–Kier alpha value is -1.28. The van der Waals surface area contributed by atoms with Crippen molar-refractivity contribution in [2.45, 2.75) is 0 Å². The third-order valence-corrected chi connectivity index (χ3v) is 1.79. The summed E-state index contributed by atoms with van der Waals surface area (Å²) in [6.45, 7) is 0. The zero-order valence-corrected chi connectivity index (χ0v) is 9.46. The van der Waals surface area contributed by atoms with Gasteiger partial charge in [-0.25, -0.2) is 4.39 Å².